The van der Waals surface area contributed by atoms with Gasteiger partial charge in [-0.25, -0.2) is 17.9 Å². The zero-order valence-electron chi connectivity index (χ0n) is 10.2. The molecule has 0 aromatic heterocycles. The topological polar surface area (TPSA) is 75.3 Å². The molecule has 2 amide bonds. The number of hydrogen-bond donors (Lipinski definition) is 2. The van der Waals surface area contributed by atoms with Crippen LogP contribution in [0.2, 0.25) is 0 Å². The van der Waals surface area contributed by atoms with Gasteiger partial charge in [0, 0.05) is 13.1 Å². The SMILES string of the molecule is CNC(=O)NS(=O)(=O)c1ccccc1/C=C/C(F)(F)F. The summed E-state index contributed by atoms with van der Waals surface area (Å²) in [5.41, 5.74) is -0.179. The molecular weight excluding hydrogens is 297 g/mol. The van der Waals surface area contributed by atoms with E-state index in [4.69, 9.17) is 0 Å². The Morgan fingerprint density at radius 1 is 1.25 bits per heavy atom. The van der Waals surface area contributed by atoms with Crippen molar-refractivity contribution in [1.29, 1.82) is 0 Å². The first-order chi connectivity index (χ1) is 9.15. The number of carbonyl (C=O) groups excluding carboxylic acids is 1. The molecule has 0 heterocycles. The number of nitrogens with one attached hydrogen (secondary N) is 2. The Hall–Kier alpha value is -2.03. The zero-order valence-corrected chi connectivity index (χ0v) is 11.0. The molecule has 0 fully saturated rings. The van der Waals surface area contributed by atoms with Gasteiger partial charge < -0.3 is 5.32 Å². The van der Waals surface area contributed by atoms with Crippen LogP contribution in [0.1, 0.15) is 5.56 Å². The van der Waals surface area contributed by atoms with Crippen LogP contribution in [0.15, 0.2) is 35.2 Å². The number of amides is 2. The van der Waals surface area contributed by atoms with Crippen molar-refractivity contribution in [3.8, 4) is 0 Å². The lowest BCUT2D eigenvalue weighted by molar-refractivity contribution is -0.0790. The number of halogens is 3. The highest BCUT2D eigenvalue weighted by Gasteiger charge is 2.24. The van der Waals surface area contributed by atoms with Crippen molar-refractivity contribution in [2.45, 2.75) is 11.1 Å². The third kappa shape index (κ3) is 4.57. The number of sulfonamides is 1. The molecule has 0 bridgehead atoms. The quantitative estimate of drug-likeness (QED) is 0.895. The van der Waals surface area contributed by atoms with Crippen LogP contribution in [0, 0.1) is 0 Å². The standard InChI is InChI=1S/C11H11F3N2O3S/c1-15-10(17)16-20(18,19)9-5-3-2-4-8(9)6-7-11(12,13)14/h2-7H,1H3,(H2,15,16,17)/b7-6+. The first-order valence-corrected chi connectivity index (χ1v) is 6.73. The Labute approximate surface area is 113 Å². The Morgan fingerprint density at radius 2 is 1.85 bits per heavy atom. The first-order valence-electron chi connectivity index (χ1n) is 5.25. The van der Waals surface area contributed by atoms with Gasteiger partial charge in [0.2, 0.25) is 0 Å². The van der Waals surface area contributed by atoms with Gasteiger partial charge in [0.1, 0.15) is 0 Å². The van der Waals surface area contributed by atoms with Crippen molar-refractivity contribution < 1.29 is 26.4 Å². The molecule has 0 atom stereocenters. The minimum atomic E-state index is -4.56. The monoisotopic (exact) mass is 308 g/mol. The molecule has 2 N–H and O–H groups in total. The number of benzene rings is 1. The van der Waals surface area contributed by atoms with Crippen LogP contribution in [0.25, 0.3) is 6.08 Å². The average molecular weight is 308 g/mol. The predicted octanol–water partition coefficient (Wildman–Crippen LogP) is 1.88. The molecule has 0 spiro atoms. The Kier molecular flexibility index (Phi) is 4.77. The summed E-state index contributed by atoms with van der Waals surface area (Å²) in [6, 6.07) is 4.03. The van der Waals surface area contributed by atoms with Gasteiger partial charge in [-0.2, -0.15) is 13.2 Å². The van der Waals surface area contributed by atoms with Crippen LogP contribution in [0.3, 0.4) is 0 Å². The fourth-order valence-corrected chi connectivity index (χ4v) is 2.44. The second kappa shape index (κ2) is 5.95. The van der Waals surface area contributed by atoms with E-state index in [1.54, 1.807) is 4.72 Å². The van der Waals surface area contributed by atoms with Crippen LogP contribution in [0.4, 0.5) is 18.0 Å². The van der Waals surface area contributed by atoms with Crippen molar-refractivity contribution in [3.05, 3.63) is 35.9 Å². The summed E-state index contributed by atoms with van der Waals surface area (Å²) < 4.78 is 61.7. The van der Waals surface area contributed by atoms with E-state index >= 15 is 0 Å². The zero-order chi connectivity index (χ0) is 15.4. The predicted molar refractivity (Wildman–Crippen MR) is 66.3 cm³/mol. The van der Waals surface area contributed by atoms with Crippen LogP contribution in [-0.4, -0.2) is 27.7 Å². The second-order valence-electron chi connectivity index (χ2n) is 3.60. The van der Waals surface area contributed by atoms with Gasteiger partial charge in [-0.05, 0) is 17.7 Å². The lowest BCUT2D eigenvalue weighted by Gasteiger charge is -2.09. The maximum atomic E-state index is 12.1. The van der Waals surface area contributed by atoms with Gasteiger partial charge in [-0.15, -0.1) is 0 Å². The van der Waals surface area contributed by atoms with Crippen LogP contribution >= 0.6 is 0 Å². The number of carbonyl (C=O) groups is 1. The fraction of sp³-hybridized carbons (Fsp3) is 0.182. The number of rotatable bonds is 3. The summed E-state index contributed by atoms with van der Waals surface area (Å²) in [4.78, 5) is 10.6. The van der Waals surface area contributed by atoms with Crippen molar-refractivity contribution in [3.63, 3.8) is 0 Å². The summed E-state index contributed by atoms with van der Waals surface area (Å²) >= 11 is 0. The number of allylic oxidation sites excluding steroid dienone is 1. The van der Waals surface area contributed by atoms with E-state index in [1.165, 1.54) is 25.2 Å². The normalized spacial score (nSPS) is 12.4. The highest BCUT2D eigenvalue weighted by Crippen LogP contribution is 2.21. The summed E-state index contributed by atoms with van der Waals surface area (Å²) in [6.07, 6.45) is -4.02. The molecule has 1 aromatic carbocycles. The molecule has 0 radical (unpaired) electrons. The average Bonchev–Trinajstić information content (AvgIpc) is 2.35. The minimum Gasteiger partial charge on any atom is -0.340 e. The van der Waals surface area contributed by atoms with Crippen LogP contribution in [0.5, 0.6) is 0 Å². The lowest BCUT2D eigenvalue weighted by Crippen LogP contribution is -2.37. The molecule has 1 rings (SSSR count). The van der Waals surface area contributed by atoms with Crippen molar-refractivity contribution in [2.75, 3.05) is 7.05 Å². The van der Waals surface area contributed by atoms with E-state index in [2.05, 4.69) is 0 Å². The molecular formula is C11H11F3N2O3S. The van der Waals surface area contributed by atoms with Gasteiger partial charge in [-0.3, -0.25) is 0 Å². The van der Waals surface area contributed by atoms with Crippen molar-refractivity contribution >= 4 is 22.1 Å². The van der Waals surface area contributed by atoms with E-state index in [1.807, 2.05) is 5.32 Å². The smallest absolute Gasteiger partial charge is 0.340 e. The fourth-order valence-electron chi connectivity index (χ4n) is 1.28. The first kappa shape index (κ1) is 16.0. The van der Waals surface area contributed by atoms with E-state index in [0.717, 1.165) is 6.07 Å². The number of urea groups is 1. The molecule has 20 heavy (non-hydrogen) atoms. The van der Waals surface area contributed by atoms with E-state index in [9.17, 15) is 26.4 Å². The minimum absolute atomic E-state index is 0.0821. The molecule has 0 saturated carbocycles. The van der Waals surface area contributed by atoms with Gasteiger partial charge in [0.15, 0.2) is 0 Å². The molecule has 9 heteroatoms. The van der Waals surface area contributed by atoms with Crippen LogP contribution in [-0.2, 0) is 10.0 Å². The Balaban J connectivity index is 3.20. The van der Waals surface area contributed by atoms with Gasteiger partial charge in [0.05, 0.1) is 4.90 Å². The van der Waals surface area contributed by atoms with Crippen molar-refractivity contribution in [2.24, 2.45) is 0 Å². The molecule has 0 aliphatic heterocycles. The molecule has 5 nitrogen and oxygen atoms in total. The highest BCUT2D eigenvalue weighted by molar-refractivity contribution is 7.90. The molecule has 1 aromatic rings. The van der Waals surface area contributed by atoms with E-state index in [-0.39, 0.29) is 11.6 Å². The highest BCUT2D eigenvalue weighted by atomic mass is 32.2. The summed E-state index contributed by atoms with van der Waals surface area (Å²) in [6.45, 7) is 0. The van der Waals surface area contributed by atoms with Crippen molar-refractivity contribution in [1.82, 2.24) is 10.0 Å². The second-order valence-corrected chi connectivity index (χ2v) is 5.25. The Bertz CT molecular complexity index is 624. The molecule has 110 valence electrons. The third-order valence-electron chi connectivity index (χ3n) is 2.11. The van der Waals surface area contributed by atoms with E-state index in [0.29, 0.717) is 6.08 Å². The molecule has 0 aliphatic carbocycles. The lowest BCUT2D eigenvalue weighted by atomic mass is 10.2. The van der Waals surface area contributed by atoms with Gasteiger partial charge >= 0.3 is 12.2 Å². The van der Waals surface area contributed by atoms with E-state index < -0.39 is 27.1 Å². The van der Waals surface area contributed by atoms with Gasteiger partial charge in [-0.1, -0.05) is 18.2 Å². The largest absolute Gasteiger partial charge is 0.409 e. The third-order valence-corrected chi connectivity index (χ3v) is 3.52. The number of hydrogen-bond acceptors (Lipinski definition) is 3. The van der Waals surface area contributed by atoms with Gasteiger partial charge in [0.25, 0.3) is 10.0 Å². The molecule has 0 saturated heterocycles. The van der Waals surface area contributed by atoms with Crippen LogP contribution < -0.4 is 10.0 Å². The Morgan fingerprint density at radius 3 is 2.40 bits per heavy atom. The summed E-state index contributed by atoms with van der Waals surface area (Å²) in [7, 11) is -3.04. The summed E-state index contributed by atoms with van der Waals surface area (Å²) in [5, 5.41) is 2.04. The maximum absolute atomic E-state index is 12.1. The molecule has 0 aliphatic rings. The number of alkyl halides is 3. The summed E-state index contributed by atoms with van der Waals surface area (Å²) in [5.74, 6) is 0. The maximum Gasteiger partial charge on any atom is 0.409 e. The molecule has 0 unspecified atom stereocenters.